The van der Waals surface area contributed by atoms with Crippen molar-refractivity contribution in [1.82, 2.24) is 0 Å². The van der Waals surface area contributed by atoms with E-state index in [1.807, 2.05) is 0 Å². The standard InChI is InChI=1S/C13H6F4O3/c14-8-4-9(15)12(17)10(11(8)16)7-3-5(18)1-2-6(7)13(19)20/h1-4,18H,(H,19,20). The maximum absolute atomic E-state index is 13.6. The molecular formula is C13H6F4O3. The highest BCUT2D eigenvalue weighted by atomic mass is 19.2. The number of phenols is 1. The van der Waals surface area contributed by atoms with Crippen molar-refractivity contribution in [1.29, 1.82) is 0 Å². The van der Waals surface area contributed by atoms with E-state index in [0.717, 1.165) is 12.1 Å². The lowest BCUT2D eigenvalue weighted by molar-refractivity contribution is 0.0697. The Morgan fingerprint density at radius 2 is 1.50 bits per heavy atom. The van der Waals surface area contributed by atoms with Gasteiger partial charge in [-0.1, -0.05) is 0 Å². The van der Waals surface area contributed by atoms with Crippen molar-refractivity contribution in [3.05, 3.63) is 53.1 Å². The quantitative estimate of drug-likeness (QED) is 0.657. The van der Waals surface area contributed by atoms with E-state index in [1.165, 1.54) is 0 Å². The molecule has 104 valence electrons. The third-order valence-electron chi connectivity index (χ3n) is 2.61. The van der Waals surface area contributed by atoms with E-state index in [0.29, 0.717) is 6.07 Å². The minimum absolute atomic E-state index is 0.0113. The zero-order valence-corrected chi connectivity index (χ0v) is 9.62. The Morgan fingerprint density at radius 3 is 2.00 bits per heavy atom. The number of aromatic carboxylic acids is 1. The number of carbonyl (C=O) groups is 1. The Morgan fingerprint density at radius 1 is 0.950 bits per heavy atom. The van der Waals surface area contributed by atoms with Crippen LogP contribution in [0, 0.1) is 23.3 Å². The number of hydrogen-bond acceptors (Lipinski definition) is 2. The zero-order valence-electron chi connectivity index (χ0n) is 9.62. The molecule has 0 unspecified atom stereocenters. The van der Waals surface area contributed by atoms with Gasteiger partial charge in [0.1, 0.15) is 5.75 Å². The number of hydrogen-bond donors (Lipinski definition) is 2. The summed E-state index contributed by atoms with van der Waals surface area (Å²) in [7, 11) is 0. The molecule has 3 nitrogen and oxygen atoms in total. The number of aromatic hydroxyl groups is 1. The fraction of sp³-hybridized carbons (Fsp3) is 0. The number of halogens is 4. The summed E-state index contributed by atoms with van der Waals surface area (Å²) >= 11 is 0. The van der Waals surface area contributed by atoms with Crippen LogP contribution in [0.25, 0.3) is 11.1 Å². The van der Waals surface area contributed by atoms with E-state index in [4.69, 9.17) is 5.11 Å². The van der Waals surface area contributed by atoms with Crippen LogP contribution in [-0.4, -0.2) is 16.2 Å². The lowest BCUT2D eigenvalue weighted by Crippen LogP contribution is -2.04. The largest absolute Gasteiger partial charge is 0.508 e. The first-order chi connectivity index (χ1) is 9.32. The predicted octanol–water partition coefficient (Wildman–Crippen LogP) is 3.31. The number of carboxylic acid groups (broad SMARTS) is 1. The summed E-state index contributed by atoms with van der Waals surface area (Å²) in [5.41, 5.74) is -2.45. The highest BCUT2D eigenvalue weighted by Gasteiger charge is 2.24. The summed E-state index contributed by atoms with van der Waals surface area (Å²) in [6.45, 7) is 0. The van der Waals surface area contributed by atoms with Gasteiger partial charge in [0, 0.05) is 11.6 Å². The second kappa shape index (κ2) is 4.84. The van der Waals surface area contributed by atoms with Crippen molar-refractivity contribution in [2.45, 2.75) is 0 Å². The molecule has 0 amide bonds. The molecule has 0 bridgehead atoms. The van der Waals surface area contributed by atoms with Gasteiger partial charge in [-0.05, 0) is 18.2 Å². The van der Waals surface area contributed by atoms with Crippen LogP contribution in [0.15, 0.2) is 24.3 Å². The summed E-state index contributed by atoms with van der Waals surface area (Å²) in [4.78, 5) is 11.0. The first-order valence-electron chi connectivity index (χ1n) is 5.22. The molecule has 2 aromatic rings. The molecule has 0 aliphatic heterocycles. The summed E-state index contributed by atoms with van der Waals surface area (Å²) in [6, 6.07) is 2.56. The average Bonchev–Trinajstić information content (AvgIpc) is 2.36. The molecule has 20 heavy (non-hydrogen) atoms. The van der Waals surface area contributed by atoms with Crippen LogP contribution >= 0.6 is 0 Å². The molecule has 0 atom stereocenters. The van der Waals surface area contributed by atoms with E-state index >= 15 is 0 Å². The molecule has 2 N–H and O–H groups in total. The summed E-state index contributed by atoms with van der Waals surface area (Å²) in [6.07, 6.45) is 0. The Labute approximate surface area is 109 Å². The Bertz CT molecular complexity index is 687. The molecule has 2 aromatic carbocycles. The van der Waals surface area contributed by atoms with Crippen molar-refractivity contribution < 1.29 is 32.6 Å². The van der Waals surface area contributed by atoms with Crippen molar-refractivity contribution >= 4 is 5.97 Å². The highest BCUT2D eigenvalue weighted by molar-refractivity contribution is 5.96. The molecule has 2 rings (SSSR count). The van der Waals surface area contributed by atoms with Crippen molar-refractivity contribution in [2.24, 2.45) is 0 Å². The summed E-state index contributed by atoms with van der Waals surface area (Å²) < 4.78 is 53.6. The summed E-state index contributed by atoms with van der Waals surface area (Å²) in [5.74, 6) is -8.89. The average molecular weight is 286 g/mol. The van der Waals surface area contributed by atoms with E-state index in [2.05, 4.69) is 0 Å². The summed E-state index contributed by atoms with van der Waals surface area (Å²) in [5, 5.41) is 18.2. The van der Waals surface area contributed by atoms with Crippen LogP contribution in [0.5, 0.6) is 5.75 Å². The maximum atomic E-state index is 13.6. The smallest absolute Gasteiger partial charge is 0.336 e. The van der Waals surface area contributed by atoms with Gasteiger partial charge in [-0.3, -0.25) is 0 Å². The third kappa shape index (κ3) is 2.18. The Kier molecular flexibility index (Phi) is 3.35. The molecule has 0 spiro atoms. The third-order valence-corrected chi connectivity index (χ3v) is 2.61. The van der Waals surface area contributed by atoms with Gasteiger partial charge in [0.25, 0.3) is 0 Å². The number of carboxylic acids is 1. The van der Waals surface area contributed by atoms with Crippen LogP contribution in [0.1, 0.15) is 10.4 Å². The van der Waals surface area contributed by atoms with Gasteiger partial charge in [-0.2, -0.15) is 0 Å². The molecule has 0 radical (unpaired) electrons. The van der Waals surface area contributed by atoms with Crippen molar-refractivity contribution in [2.75, 3.05) is 0 Å². The first kappa shape index (κ1) is 13.9. The van der Waals surface area contributed by atoms with Crippen LogP contribution in [0.2, 0.25) is 0 Å². The van der Waals surface area contributed by atoms with E-state index in [1.54, 1.807) is 0 Å². The van der Waals surface area contributed by atoms with Gasteiger partial charge in [0.2, 0.25) is 0 Å². The zero-order chi connectivity index (χ0) is 15.0. The molecular weight excluding hydrogens is 280 g/mol. The van der Waals surface area contributed by atoms with Gasteiger partial charge < -0.3 is 10.2 Å². The minimum atomic E-state index is -1.74. The molecule has 0 saturated heterocycles. The van der Waals surface area contributed by atoms with Crippen LogP contribution in [0.4, 0.5) is 17.6 Å². The van der Waals surface area contributed by atoms with Gasteiger partial charge in [0.05, 0.1) is 11.1 Å². The van der Waals surface area contributed by atoms with E-state index in [-0.39, 0.29) is 6.07 Å². The lowest BCUT2D eigenvalue weighted by atomic mass is 9.98. The predicted molar refractivity (Wildman–Crippen MR) is 60.3 cm³/mol. The van der Waals surface area contributed by atoms with Gasteiger partial charge in [-0.15, -0.1) is 0 Å². The minimum Gasteiger partial charge on any atom is -0.508 e. The molecule has 0 heterocycles. The van der Waals surface area contributed by atoms with Gasteiger partial charge in [-0.25, -0.2) is 22.4 Å². The number of phenolic OH excluding ortho intramolecular Hbond substituents is 1. The fourth-order valence-electron chi connectivity index (χ4n) is 1.74. The fourth-order valence-corrected chi connectivity index (χ4v) is 1.74. The number of benzene rings is 2. The van der Waals surface area contributed by atoms with Gasteiger partial charge >= 0.3 is 5.97 Å². The molecule has 7 heteroatoms. The lowest BCUT2D eigenvalue weighted by Gasteiger charge is -2.10. The second-order valence-corrected chi connectivity index (χ2v) is 3.88. The highest BCUT2D eigenvalue weighted by Crippen LogP contribution is 2.34. The first-order valence-corrected chi connectivity index (χ1v) is 5.22. The topological polar surface area (TPSA) is 57.5 Å². The SMILES string of the molecule is O=C(O)c1ccc(O)cc1-c1c(F)c(F)cc(F)c1F. The normalized spacial score (nSPS) is 10.6. The van der Waals surface area contributed by atoms with Crippen LogP contribution < -0.4 is 0 Å². The van der Waals surface area contributed by atoms with Crippen molar-refractivity contribution in [3.63, 3.8) is 0 Å². The van der Waals surface area contributed by atoms with Crippen LogP contribution in [0.3, 0.4) is 0 Å². The van der Waals surface area contributed by atoms with E-state index < -0.39 is 51.7 Å². The Balaban J connectivity index is 2.88. The Hall–Kier alpha value is -2.57. The maximum Gasteiger partial charge on any atom is 0.336 e. The van der Waals surface area contributed by atoms with Crippen LogP contribution in [-0.2, 0) is 0 Å². The molecule has 0 fully saturated rings. The van der Waals surface area contributed by atoms with Gasteiger partial charge in [0.15, 0.2) is 23.3 Å². The molecule has 0 aliphatic carbocycles. The molecule has 0 aliphatic rings. The molecule has 0 saturated carbocycles. The monoisotopic (exact) mass is 286 g/mol. The molecule has 0 aromatic heterocycles. The second-order valence-electron chi connectivity index (χ2n) is 3.88. The van der Waals surface area contributed by atoms with E-state index in [9.17, 15) is 27.5 Å². The number of rotatable bonds is 2. The van der Waals surface area contributed by atoms with Crippen molar-refractivity contribution in [3.8, 4) is 16.9 Å².